The molecule has 1 aromatic carbocycles. The third-order valence-corrected chi connectivity index (χ3v) is 5.67. The smallest absolute Gasteiger partial charge is 0.238 e. The van der Waals surface area contributed by atoms with Crippen LogP contribution in [-0.4, -0.2) is 62.5 Å². The van der Waals surface area contributed by atoms with E-state index in [0.717, 1.165) is 44.7 Å². The number of amides is 1. The maximum absolute atomic E-state index is 12.4. The standard InChI is InChI=1S/C20H29N3O3/c24-19(16-22-12-8-20(9-13-22)25-14-15-26-20)21-17-4-6-18(7-5-17)23-10-2-1-3-11-23/h4-7H,1-3,8-16H2,(H,21,24). The van der Waals surface area contributed by atoms with Crippen molar-refractivity contribution in [3.63, 3.8) is 0 Å². The largest absolute Gasteiger partial charge is 0.372 e. The zero-order valence-corrected chi connectivity index (χ0v) is 15.4. The minimum absolute atomic E-state index is 0.0416. The molecule has 6 nitrogen and oxygen atoms in total. The maximum Gasteiger partial charge on any atom is 0.238 e. The summed E-state index contributed by atoms with van der Waals surface area (Å²) in [6.45, 7) is 5.74. The van der Waals surface area contributed by atoms with E-state index in [1.54, 1.807) is 0 Å². The number of hydrogen-bond acceptors (Lipinski definition) is 5. The summed E-state index contributed by atoms with van der Waals surface area (Å²) in [6.07, 6.45) is 5.55. The molecule has 0 aromatic heterocycles. The second-order valence-corrected chi connectivity index (χ2v) is 7.53. The number of rotatable bonds is 4. The van der Waals surface area contributed by atoms with Crippen molar-refractivity contribution in [2.45, 2.75) is 37.9 Å². The van der Waals surface area contributed by atoms with Gasteiger partial charge in [-0.1, -0.05) is 0 Å². The minimum atomic E-state index is -0.378. The summed E-state index contributed by atoms with van der Waals surface area (Å²) >= 11 is 0. The summed E-state index contributed by atoms with van der Waals surface area (Å²) < 4.78 is 11.5. The molecule has 0 bridgehead atoms. The van der Waals surface area contributed by atoms with Gasteiger partial charge < -0.3 is 19.7 Å². The van der Waals surface area contributed by atoms with E-state index in [9.17, 15) is 4.79 Å². The molecule has 3 aliphatic rings. The Morgan fingerprint density at radius 2 is 1.62 bits per heavy atom. The van der Waals surface area contributed by atoms with E-state index >= 15 is 0 Å². The normalized spacial score (nSPS) is 23.3. The Morgan fingerprint density at radius 3 is 2.27 bits per heavy atom. The van der Waals surface area contributed by atoms with Crippen LogP contribution in [0.15, 0.2) is 24.3 Å². The molecule has 26 heavy (non-hydrogen) atoms. The number of carbonyl (C=O) groups is 1. The lowest BCUT2D eigenvalue weighted by molar-refractivity contribution is -0.185. The van der Waals surface area contributed by atoms with Crippen LogP contribution in [0.3, 0.4) is 0 Å². The molecule has 3 aliphatic heterocycles. The van der Waals surface area contributed by atoms with Crippen LogP contribution >= 0.6 is 0 Å². The summed E-state index contributed by atoms with van der Waals surface area (Å²) in [4.78, 5) is 17.0. The zero-order valence-electron chi connectivity index (χ0n) is 15.4. The molecule has 1 spiro atoms. The summed E-state index contributed by atoms with van der Waals surface area (Å²) in [6, 6.07) is 8.24. The molecule has 1 N–H and O–H groups in total. The first kappa shape index (κ1) is 17.8. The van der Waals surface area contributed by atoms with E-state index in [1.165, 1.54) is 24.9 Å². The molecular weight excluding hydrogens is 330 g/mol. The fourth-order valence-corrected chi connectivity index (χ4v) is 4.15. The third-order valence-electron chi connectivity index (χ3n) is 5.67. The van der Waals surface area contributed by atoms with E-state index in [0.29, 0.717) is 19.8 Å². The van der Waals surface area contributed by atoms with Crippen LogP contribution in [0.1, 0.15) is 32.1 Å². The van der Waals surface area contributed by atoms with Gasteiger partial charge in [0.25, 0.3) is 0 Å². The van der Waals surface area contributed by atoms with Crippen molar-refractivity contribution >= 4 is 17.3 Å². The van der Waals surface area contributed by atoms with Crippen molar-refractivity contribution in [1.82, 2.24) is 4.90 Å². The van der Waals surface area contributed by atoms with E-state index in [2.05, 4.69) is 27.2 Å². The fraction of sp³-hybridized carbons (Fsp3) is 0.650. The Hall–Kier alpha value is -1.63. The third kappa shape index (κ3) is 4.19. The van der Waals surface area contributed by atoms with Crippen molar-refractivity contribution in [2.75, 3.05) is 56.2 Å². The number of hydrogen-bond donors (Lipinski definition) is 1. The fourth-order valence-electron chi connectivity index (χ4n) is 4.15. The van der Waals surface area contributed by atoms with Gasteiger partial charge in [0.1, 0.15) is 0 Å². The molecule has 0 radical (unpaired) electrons. The van der Waals surface area contributed by atoms with Gasteiger partial charge in [-0.05, 0) is 43.5 Å². The van der Waals surface area contributed by atoms with Crippen molar-refractivity contribution < 1.29 is 14.3 Å². The van der Waals surface area contributed by atoms with Crippen molar-refractivity contribution in [3.8, 4) is 0 Å². The number of ether oxygens (including phenoxy) is 2. The first-order chi connectivity index (χ1) is 12.7. The Balaban J connectivity index is 1.24. The van der Waals surface area contributed by atoms with Crippen LogP contribution in [0.25, 0.3) is 0 Å². The highest BCUT2D eigenvalue weighted by atomic mass is 16.7. The van der Waals surface area contributed by atoms with Gasteiger partial charge >= 0.3 is 0 Å². The summed E-state index contributed by atoms with van der Waals surface area (Å²) in [5, 5.41) is 3.02. The van der Waals surface area contributed by atoms with Crippen molar-refractivity contribution in [3.05, 3.63) is 24.3 Å². The quantitative estimate of drug-likeness (QED) is 0.895. The van der Waals surface area contributed by atoms with Gasteiger partial charge in [0.2, 0.25) is 5.91 Å². The molecule has 0 unspecified atom stereocenters. The highest BCUT2D eigenvalue weighted by Crippen LogP contribution is 2.31. The number of carbonyl (C=O) groups excluding carboxylic acids is 1. The molecule has 3 fully saturated rings. The van der Waals surface area contributed by atoms with Crippen LogP contribution in [0.4, 0.5) is 11.4 Å². The van der Waals surface area contributed by atoms with Crippen LogP contribution in [0, 0.1) is 0 Å². The van der Waals surface area contributed by atoms with Crippen LogP contribution in [0.2, 0.25) is 0 Å². The van der Waals surface area contributed by atoms with Crippen molar-refractivity contribution in [1.29, 1.82) is 0 Å². The molecule has 0 aliphatic carbocycles. The number of likely N-dealkylation sites (tertiary alicyclic amines) is 1. The van der Waals surface area contributed by atoms with E-state index in [1.807, 2.05) is 12.1 Å². The lowest BCUT2D eigenvalue weighted by Crippen LogP contribution is -2.47. The number of piperidine rings is 2. The molecular formula is C20H29N3O3. The van der Waals surface area contributed by atoms with Gasteiger partial charge in [0, 0.05) is 50.4 Å². The highest BCUT2D eigenvalue weighted by Gasteiger charge is 2.39. The van der Waals surface area contributed by atoms with Gasteiger partial charge in [0.05, 0.1) is 19.8 Å². The van der Waals surface area contributed by atoms with Gasteiger partial charge in [-0.15, -0.1) is 0 Å². The molecule has 1 amide bonds. The lowest BCUT2D eigenvalue weighted by atomic mass is 10.0. The Labute approximate surface area is 155 Å². The molecule has 0 saturated carbocycles. The van der Waals surface area contributed by atoms with Gasteiger partial charge in [-0.2, -0.15) is 0 Å². The predicted molar refractivity (Wildman–Crippen MR) is 101 cm³/mol. The zero-order chi connectivity index (χ0) is 17.8. The predicted octanol–water partition coefficient (Wildman–Crippen LogP) is 2.45. The number of nitrogens with one attached hydrogen (secondary N) is 1. The first-order valence-corrected chi connectivity index (χ1v) is 9.88. The number of nitrogens with zero attached hydrogens (tertiary/aromatic N) is 2. The van der Waals surface area contributed by atoms with Crippen LogP contribution in [-0.2, 0) is 14.3 Å². The molecule has 0 atom stereocenters. The number of benzene rings is 1. The van der Waals surface area contributed by atoms with Gasteiger partial charge in [-0.3, -0.25) is 9.69 Å². The highest BCUT2D eigenvalue weighted by molar-refractivity contribution is 5.92. The monoisotopic (exact) mass is 359 g/mol. The molecule has 6 heteroatoms. The Kier molecular flexibility index (Phi) is 5.43. The summed E-state index contributed by atoms with van der Waals surface area (Å²) in [7, 11) is 0. The Bertz CT molecular complexity index is 597. The topological polar surface area (TPSA) is 54.0 Å². The maximum atomic E-state index is 12.4. The van der Waals surface area contributed by atoms with Crippen LogP contribution < -0.4 is 10.2 Å². The second kappa shape index (κ2) is 7.94. The van der Waals surface area contributed by atoms with E-state index in [4.69, 9.17) is 9.47 Å². The first-order valence-electron chi connectivity index (χ1n) is 9.88. The molecule has 1 aromatic rings. The molecule has 4 rings (SSSR count). The van der Waals surface area contributed by atoms with Gasteiger partial charge in [0.15, 0.2) is 5.79 Å². The van der Waals surface area contributed by atoms with E-state index < -0.39 is 0 Å². The SMILES string of the molecule is O=C(CN1CCC2(CC1)OCCO2)Nc1ccc(N2CCCCC2)cc1. The van der Waals surface area contributed by atoms with Crippen LogP contribution in [0.5, 0.6) is 0 Å². The summed E-state index contributed by atoms with van der Waals surface area (Å²) in [5.74, 6) is -0.336. The molecule has 142 valence electrons. The average Bonchev–Trinajstić information content (AvgIpc) is 3.13. The summed E-state index contributed by atoms with van der Waals surface area (Å²) in [5.41, 5.74) is 2.12. The Morgan fingerprint density at radius 1 is 0.962 bits per heavy atom. The lowest BCUT2D eigenvalue weighted by Gasteiger charge is -2.37. The van der Waals surface area contributed by atoms with Crippen molar-refractivity contribution in [2.24, 2.45) is 0 Å². The van der Waals surface area contributed by atoms with E-state index in [-0.39, 0.29) is 11.7 Å². The van der Waals surface area contributed by atoms with Gasteiger partial charge in [-0.25, -0.2) is 0 Å². The second-order valence-electron chi connectivity index (χ2n) is 7.53. The minimum Gasteiger partial charge on any atom is -0.372 e. The average molecular weight is 359 g/mol. The number of anilines is 2. The molecule has 3 heterocycles. The molecule has 3 saturated heterocycles.